The fraction of sp³-hybridized carbons (Fsp3) is 0.417. The van der Waals surface area contributed by atoms with Crippen molar-refractivity contribution in [2.45, 2.75) is 12.6 Å². The minimum Gasteiger partial charge on any atom is -0.480 e. The molecule has 0 aromatic carbocycles. The maximum atomic E-state index is 12.3. The van der Waals surface area contributed by atoms with Crippen LogP contribution < -0.4 is 17.0 Å². The van der Waals surface area contributed by atoms with Crippen LogP contribution >= 0.6 is 0 Å². The Labute approximate surface area is 134 Å². The summed E-state index contributed by atoms with van der Waals surface area (Å²) < 4.78 is 1.28. The number of hydrogen-bond acceptors (Lipinski definition) is 8. The van der Waals surface area contributed by atoms with Gasteiger partial charge in [-0.3, -0.25) is 19.4 Å². The Kier molecular flexibility index (Phi) is 5.11. The van der Waals surface area contributed by atoms with Gasteiger partial charge in [0.15, 0.2) is 11.2 Å². The average Bonchev–Trinajstić information content (AvgIpc) is 2.89. The Morgan fingerprint density at radius 1 is 1.46 bits per heavy atom. The lowest BCUT2D eigenvalue weighted by atomic mass is 10.3. The number of hydrogen-bond donors (Lipinski definition) is 5. The predicted octanol–water partition coefficient (Wildman–Crippen LogP) is -3.07. The standard InChI is InChI=1S/C12H17N7O5/c13-6(4-20)1-18(3-8(22)23)7(21)2-19-5-15-9-10(19)16-12(14)17-11(9)24/h5-6,20H,1-4,13H2,(H,22,23)(H3,14,16,17,24)/t6-/m1/s1. The molecule has 0 fully saturated rings. The first-order chi connectivity index (χ1) is 11.3. The van der Waals surface area contributed by atoms with Gasteiger partial charge in [0, 0.05) is 12.6 Å². The molecule has 1 amide bonds. The van der Waals surface area contributed by atoms with Crippen molar-refractivity contribution >= 4 is 29.0 Å². The molecule has 0 saturated heterocycles. The third kappa shape index (κ3) is 3.85. The summed E-state index contributed by atoms with van der Waals surface area (Å²) in [6.45, 7) is -1.41. The first kappa shape index (κ1) is 17.4. The largest absolute Gasteiger partial charge is 0.480 e. The normalized spacial score (nSPS) is 12.2. The Balaban J connectivity index is 2.26. The number of carboxylic acid groups (broad SMARTS) is 1. The van der Waals surface area contributed by atoms with Crippen LogP contribution in [-0.4, -0.2) is 72.2 Å². The average molecular weight is 339 g/mol. The molecule has 0 aliphatic carbocycles. The molecule has 12 nitrogen and oxygen atoms in total. The molecule has 130 valence electrons. The van der Waals surface area contributed by atoms with Gasteiger partial charge in [0.25, 0.3) is 5.56 Å². The number of anilines is 1. The summed E-state index contributed by atoms with van der Waals surface area (Å²) in [4.78, 5) is 46.0. The van der Waals surface area contributed by atoms with Crippen molar-refractivity contribution in [2.24, 2.45) is 5.73 Å². The number of carbonyl (C=O) groups excluding carboxylic acids is 1. The molecule has 0 radical (unpaired) electrons. The second kappa shape index (κ2) is 7.06. The zero-order valence-electron chi connectivity index (χ0n) is 12.5. The summed E-state index contributed by atoms with van der Waals surface area (Å²) in [5, 5.41) is 17.9. The van der Waals surface area contributed by atoms with Crippen LogP contribution in [0.3, 0.4) is 0 Å². The number of nitrogens with two attached hydrogens (primary N) is 2. The van der Waals surface area contributed by atoms with E-state index < -0.39 is 36.6 Å². The van der Waals surface area contributed by atoms with Gasteiger partial charge in [-0.2, -0.15) is 4.98 Å². The highest BCUT2D eigenvalue weighted by Gasteiger charge is 2.21. The van der Waals surface area contributed by atoms with E-state index in [0.29, 0.717) is 0 Å². The molecule has 2 aromatic rings. The number of amides is 1. The molecule has 0 unspecified atom stereocenters. The number of nitrogens with zero attached hydrogens (tertiary/aromatic N) is 4. The fourth-order valence-corrected chi connectivity index (χ4v) is 2.09. The number of aromatic amines is 1. The third-order valence-corrected chi connectivity index (χ3v) is 3.17. The molecule has 7 N–H and O–H groups in total. The zero-order valence-corrected chi connectivity index (χ0v) is 12.5. The number of nitrogens with one attached hydrogen (secondary N) is 1. The lowest BCUT2D eigenvalue weighted by Gasteiger charge is -2.23. The summed E-state index contributed by atoms with van der Waals surface area (Å²) >= 11 is 0. The fourth-order valence-electron chi connectivity index (χ4n) is 2.09. The minimum atomic E-state index is -1.22. The lowest BCUT2D eigenvalue weighted by Crippen LogP contribution is -2.46. The topological polar surface area (TPSA) is 193 Å². The maximum absolute atomic E-state index is 12.3. The minimum absolute atomic E-state index is 0.00819. The van der Waals surface area contributed by atoms with E-state index in [0.717, 1.165) is 4.90 Å². The van der Waals surface area contributed by atoms with Gasteiger partial charge in [0.2, 0.25) is 11.9 Å². The number of imidazole rings is 1. The molecule has 12 heteroatoms. The van der Waals surface area contributed by atoms with E-state index in [1.807, 2.05) is 0 Å². The number of H-pyrrole nitrogens is 1. The van der Waals surface area contributed by atoms with Gasteiger partial charge in [0.1, 0.15) is 13.1 Å². The van der Waals surface area contributed by atoms with E-state index in [1.54, 1.807) is 0 Å². The molecular formula is C12H17N7O5. The van der Waals surface area contributed by atoms with Crippen molar-refractivity contribution in [3.63, 3.8) is 0 Å². The van der Waals surface area contributed by atoms with Gasteiger partial charge in [-0.25, -0.2) is 4.98 Å². The van der Waals surface area contributed by atoms with Gasteiger partial charge < -0.3 is 31.1 Å². The molecule has 1 atom stereocenters. The van der Waals surface area contributed by atoms with Crippen molar-refractivity contribution in [1.29, 1.82) is 0 Å². The van der Waals surface area contributed by atoms with E-state index in [4.69, 9.17) is 21.7 Å². The molecular weight excluding hydrogens is 322 g/mol. The van der Waals surface area contributed by atoms with E-state index in [2.05, 4.69) is 15.0 Å². The number of fused-ring (bicyclic) bond motifs is 1. The van der Waals surface area contributed by atoms with Crippen LogP contribution in [0.1, 0.15) is 0 Å². The monoisotopic (exact) mass is 339 g/mol. The van der Waals surface area contributed by atoms with Gasteiger partial charge in [-0.1, -0.05) is 0 Å². The number of aromatic nitrogens is 4. The number of aliphatic hydroxyl groups excluding tert-OH is 1. The van der Waals surface area contributed by atoms with Gasteiger partial charge in [-0.15, -0.1) is 0 Å². The van der Waals surface area contributed by atoms with Gasteiger partial charge in [-0.05, 0) is 0 Å². The van der Waals surface area contributed by atoms with Crippen LogP contribution in [0.15, 0.2) is 11.1 Å². The van der Waals surface area contributed by atoms with Crippen molar-refractivity contribution in [3.8, 4) is 0 Å². The zero-order chi connectivity index (χ0) is 17.9. The highest BCUT2D eigenvalue weighted by Crippen LogP contribution is 2.07. The second-order valence-corrected chi connectivity index (χ2v) is 5.11. The van der Waals surface area contributed by atoms with Crippen LogP contribution in [0.2, 0.25) is 0 Å². The van der Waals surface area contributed by atoms with Crippen molar-refractivity contribution in [3.05, 3.63) is 16.7 Å². The van der Waals surface area contributed by atoms with Crippen molar-refractivity contribution < 1.29 is 19.8 Å². The summed E-state index contributed by atoms with van der Waals surface area (Å²) in [7, 11) is 0. The number of carboxylic acids is 1. The van der Waals surface area contributed by atoms with Crippen LogP contribution in [0.5, 0.6) is 0 Å². The van der Waals surface area contributed by atoms with E-state index in [1.165, 1.54) is 10.9 Å². The van der Waals surface area contributed by atoms with Crippen LogP contribution in [-0.2, 0) is 16.1 Å². The Morgan fingerprint density at radius 2 is 2.17 bits per heavy atom. The van der Waals surface area contributed by atoms with Gasteiger partial charge in [0.05, 0.1) is 12.9 Å². The predicted molar refractivity (Wildman–Crippen MR) is 81.8 cm³/mol. The lowest BCUT2D eigenvalue weighted by molar-refractivity contribution is -0.145. The van der Waals surface area contributed by atoms with Crippen molar-refractivity contribution in [2.75, 3.05) is 25.4 Å². The summed E-state index contributed by atoms with van der Waals surface area (Å²) in [5.41, 5.74) is 10.6. The molecule has 0 bridgehead atoms. The number of carbonyl (C=O) groups is 2. The number of aliphatic hydroxyl groups is 1. The quantitative estimate of drug-likeness (QED) is 0.348. The molecule has 2 aromatic heterocycles. The molecule has 24 heavy (non-hydrogen) atoms. The first-order valence-electron chi connectivity index (χ1n) is 6.88. The Bertz CT molecular complexity index is 814. The van der Waals surface area contributed by atoms with E-state index in [-0.39, 0.29) is 30.2 Å². The maximum Gasteiger partial charge on any atom is 0.323 e. The Hall–Kier alpha value is -2.99. The van der Waals surface area contributed by atoms with Crippen LogP contribution in [0, 0.1) is 0 Å². The summed E-state index contributed by atoms with van der Waals surface area (Å²) in [6.07, 6.45) is 1.23. The van der Waals surface area contributed by atoms with Crippen LogP contribution in [0.25, 0.3) is 11.2 Å². The van der Waals surface area contributed by atoms with Crippen LogP contribution in [0.4, 0.5) is 5.95 Å². The molecule has 2 heterocycles. The highest BCUT2D eigenvalue weighted by atomic mass is 16.4. The Morgan fingerprint density at radius 3 is 2.79 bits per heavy atom. The SMILES string of the molecule is Nc1nc2c(ncn2CC(=O)N(CC(=O)O)C[C@@H](N)CO)c(=O)[nH]1. The molecule has 0 spiro atoms. The molecule has 0 aliphatic heterocycles. The van der Waals surface area contributed by atoms with Gasteiger partial charge >= 0.3 is 5.97 Å². The molecule has 0 saturated carbocycles. The summed E-state index contributed by atoms with van der Waals surface area (Å²) in [5.74, 6) is -1.93. The summed E-state index contributed by atoms with van der Waals surface area (Å²) in [6, 6.07) is -0.774. The number of aliphatic carboxylic acids is 1. The number of rotatable bonds is 7. The second-order valence-electron chi connectivity index (χ2n) is 5.11. The smallest absolute Gasteiger partial charge is 0.323 e. The highest BCUT2D eigenvalue weighted by molar-refractivity contribution is 5.82. The van der Waals surface area contributed by atoms with E-state index >= 15 is 0 Å². The third-order valence-electron chi connectivity index (χ3n) is 3.17. The molecule has 0 aliphatic rings. The molecule has 2 rings (SSSR count). The number of nitrogen functional groups attached to an aromatic ring is 1. The van der Waals surface area contributed by atoms with E-state index in [9.17, 15) is 14.4 Å². The first-order valence-corrected chi connectivity index (χ1v) is 6.88. The van der Waals surface area contributed by atoms with Crippen molar-refractivity contribution in [1.82, 2.24) is 24.4 Å².